The van der Waals surface area contributed by atoms with Crippen molar-refractivity contribution in [2.75, 3.05) is 6.61 Å². The van der Waals surface area contributed by atoms with E-state index in [2.05, 4.69) is 32.8 Å². The molecule has 0 spiro atoms. The number of ketones is 1. The summed E-state index contributed by atoms with van der Waals surface area (Å²) in [7, 11) is 0. The largest absolute Gasteiger partial charge is 0.519 e. The number of carbonyl (C=O) groups excluding carboxylic acids is 3. The maximum absolute atomic E-state index is 15.0. The van der Waals surface area contributed by atoms with E-state index in [4.69, 9.17) is 18.3 Å². The minimum absolute atomic E-state index is 0.00329. The summed E-state index contributed by atoms with van der Waals surface area (Å²) in [5.74, 6) is -2.99. The van der Waals surface area contributed by atoms with E-state index in [9.17, 15) is 24.3 Å². The first-order valence-corrected chi connectivity index (χ1v) is 20.2. The van der Waals surface area contributed by atoms with Crippen LogP contribution < -0.4 is 5.82 Å². The molecular weight excluding hydrogens is 704 g/mol. The predicted molar refractivity (Wildman–Crippen MR) is 200 cm³/mol. The van der Waals surface area contributed by atoms with Crippen molar-refractivity contribution in [2.45, 2.75) is 139 Å². The number of carboxylic acid groups (broad SMARTS) is 1. The van der Waals surface area contributed by atoms with Gasteiger partial charge in [-0.05, 0) is 118 Å². The first-order valence-electron chi connectivity index (χ1n) is 20.2. The molecule has 1 N–H and O–H groups in total. The number of aliphatic carboxylic acids is 1. The number of allylic oxidation sites excluding steroid dienone is 2. The Kier molecular flexibility index (Phi) is 9.32. The lowest BCUT2D eigenvalue weighted by atomic mass is 9.33. The van der Waals surface area contributed by atoms with Gasteiger partial charge in [0, 0.05) is 18.0 Å². The van der Waals surface area contributed by atoms with E-state index in [1.54, 1.807) is 17.8 Å². The molecule has 300 valence electrons. The second-order valence-electron chi connectivity index (χ2n) is 19.3. The molecule has 2 heterocycles. The van der Waals surface area contributed by atoms with Gasteiger partial charge in [0.1, 0.15) is 0 Å². The lowest BCUT2D eigenvalue weighted by molar-refractivity contribution is -0.209. The molecule has 2 aromatic heterocycles. The molecule has 12 nitrogen and oxygen atoms in total. The van der Waals surface area contributed by atoms with E-state index in [1.807, 2.05) is 33.8 Å². The van der Waals surface area contributed by atoms with E-state index < -0.39 is 57.4 Å². The zero-order valence-electron chi connectivity index (χ0n) is 33.9. The van der Waals surface area contributed by atoms with Gasteiger partial charge in [0.05, 0.1) is 35.2 Å². The van der Waals surface area contributed by atoms with Crippen LogP contribution >= 0.6 is 0 Å². The first-order chi connectivity index (χ1) is 25.7. The summed E-state index contributed by atoms with van der Waals surface area (Å²) in [6.45, 7) is 18.2. The van der Waals surface area contributed by atoms with Gasteiger partial charge in [-0.15, -0.1) is 0 Å². The molecule has 0 bridgehead atoms. The van der Waals surface area contributed by atoms with Crippen molar-refractivity contribution in [2.24, 2.45) is 50.2 Å². The molecule has 5 aliphatic carbocycles. The SMILES string of the molecule is CCOC(=O)c1cnn([C@H]2CC[C@@]3(C)C(CC[C@]4(C)[C@@H]3C(=O)C=C3[C@@H]5C[C@@](C)(C(=O)O)CC[C@]5(C)CC[C@]34C)[C@]2(C)C(=O)OCc2oc(=O)oc2C(C)C)c1. The number of nitrogens with zero attached hydrogens (tertiary/aromatic N) is 2. The molecule has 5 aliphatic rings. The average Bonchev–Trinajstić information content (AvgIpc) is 3.76. The Balaban J connectivity index is 1.29. The summed E-state index contributed by atoms with van der Waals surface area (Å²) in [6, 6.07) is -0.516. The number of esters is 2. The smallest absolute Gasteiger partial charge is 0.481 e. The van der Waals surface area contributed by atoms with Gasteiger partial charge in [-0.25, -0.2) is 9.59 Å². The van der Waals surface area contributed by atoms with Crippen LogP contribution in [0.1, 0.15) is 154 Å². The van der Waals surface area contributed by atoms with E-state index in [1.165, 1.54) is 6.20 Å². The summed E-state index contributed by atoms with van der Waals surface area (Å²) in [5.41, 5.74) is -2.11. The molecule has 0 saturated heterocycles. The maximum Gasteiger partial charge on any atom is 0.519 e. The third-order valence-corrected chi connectivity index (χ3v) is 16.1. The molecule has 2 aromatic rings. The van der Waals surface area contributed by atoms with Crippen molar-refractivity contribution in [3.63, 3.8) is 0 Å². The van der Waals surface area contributed by atoms with E-state index in [0.717, 1.165) is 24.8 Å². The lowest BCUT2D eigenvalue weighted by Gasteiger charge is -2.70. The van der Waals surface area contributed by atoms with Crippen molar-refractivity contribution < 1.29 is 42.6 Å². The molecule has 4 fully saturated rings. The van der Waals surface area contributed by atoms with Crippen LogP contribution in [0.4, 0.5) is 0 Å². The molecular formula is C43H58N2O10. The highest BCUT2D eigenvalue weighted by Crippen LogP contribution is 2.76. The van der Waals surface area contributed by atoms with Crippen LogP contribution in [0.5, 0.6) is 0 Å². The molecule has 10 atom stereocenters. The number of hydrogen-bond donors (Lipinski definition) is 1. The van der Waals surface area contributed by atoms with E-state index >= 15 is 4.79 Å². The van der Waals surface area contributed by atoms with Crippen molar-refractivity contribution in [3.05, 3.63) is 51.7 Å². The Hall–Kier alpha value is -3.96. The molecule has 55 heavy (non-hydrogen) atoms. The highest BCUT2D eigenvalue weighted by Gasteiger charge is 2.72. The van der Waals surface area contributed by atoms with Crippen molar-refractivity contribution >= 4 is 23.7 Å². The average molecular weight is 763 g/mol. The monoisotopic (exact) mass is 762 g/mol. The molecule has 0 amide bonds. The van der Waals surface area contributed by atoms with Crippen LogP contribution in [0.3, 0.4) is 0 Å². The number of aromatic nitrogens is 2. The molecule has 0 aromatic carbocycles. The van der Waals surface area contributed by atoms with Crippen LogP contribution in [0, 0.1) is 50.2 Å². The third kappa shape index (κ3) is 5.64. The molecule has 7 rings (SSSR count). The number of carbonyl (C=O) groups is 4. The summed E-state index contributed by atoms with van der Waals surface area (Å²) in [6.07, 6.45) is 11.3. The maximum atomic E-state index is 15.0. The van der Waals surface area contributed by atoms with E-state index in [0.29, 0.717) is 44.3 Å². The van der Waals surface area contributed by atoms with Gasteiger partial charge in [0.25, 0.3) is 0 Å². The van der Waals surface area contributed by atoms with Gasteiger partial charge in [-0.3, -0.25) is 19.1 Å². The Morgan fingerprint density at radius 1 is 0.964 bits per heavy atom. The zero-order valence-corrected chi connectivity index (χ0v) is 33.9. The molecule has 4 saturated carbocycles. The summed E-state index contributed by atoms with van der Waals surface area (Å²) in [5, 5.41) is 14.9. The standard InChI is InChI=1S/C43H58N2O10/c1-10-52-34(47)25-21-44-45(22-25)31-12-13-40(6)30(43(31,9)36(50)53-23-29-32(24(2)3)55-37(51)54-29)11-14-42(8)33(40)28(46)19-26-27-20-39(5,35(48)49)16-15-38(27,4)17-18-41(26,42)7/h19,21-22,24,27,30-31,33H,10-18,20,23H2,1-9H3,(H,48,49)/t27-,30?,31-,33+,38+,39-,40-,41+,42+,43-/m0/s1. The number of carboxylic acids is 1. The Morgan fingerprint density at radius 3 is 2.35 bits per heavy atom. The van der Waals surface area contributed by atoms with Crippen LogP contribution in [0.2, 0.25) is 0 Å². The third-order valence-electron chi connectivity index (χ3n) is 16.1. The van der Waals surface area contributed by atoms with Gasteiger partial charge >= 0.3 is 23.7 Å². The van der Waals surface area contributed by atoms with Crippen molar-refractivity contribution in [3.8, 4) is 0 Å². The van der Waals surface area contributed by atoms with Crippen LogP contribution in [-0.2, 0) is 30.5 Å². The number of hydrogen-bond acceptors (Lipinski definition) is 10. The highest BCUT2D eigenvalue weighted by atomic mass is 16.6. The topological polar surface area (TPSA) is 168 Å². The minimum Gasteiger partial charge on any atom is -0.481 e. The molecule has 0 radical (unpaired) electrons. The van der Waals surface area contributed by atoms with Crippen LogP contribution in [-0.4, -0.2) is 45.2 Å². The molecule has 12 heteroatoms. The fourth-order valence-electron chi connectivity index (χ4n) is 12.7. The van der Waals surface area contributed by atoms with Crippen LogP contribution in [0.25, 0.3) is 0 Å². The second kappa shape index (κ2) is 13.0. The second-order valence-corrected chi connectivity index (χ2v) is 19.3. The first kappa shape index (κ1) is 39.3. The van der Waals surface area contributed by atoms with Gasteiger partial charge in [0.2, 0.25) is 0 Å². The number of fused-ring (bicyclic) bond motifs is 7. The quantitative estimate of drug-likeness (QED) is 0.258. The highest BCUT2D eigenvalue weighted by molar-refractivity contribution is 5.96. The fourth-order valence-corrected chi connectivity index (χ4v) is 12.7. The number of ether oxygens (including phenoxy) is 2. The number of rotatable bonds is 8. The summed E-state index contributed by atoms with van der Waals surface area (Å²) in [4.78, 5) is 67.3. The lowest BCUT2D eigenvalue weighted by Crippen LogP contribution is -2.67. The van der Waals surface area contributed by atoms with Crippen LogP contribution in [0.15, 0.2) is 37.7 Å². The van der Waals surface area contributed by atoms with Crippen molar-refractivity contribution in [1.29, 1.82) is 0 Å². The van der Waals surface area contributed by atoms with Gasteiger partial charge in [-0.1, -0.05) is 47.1 Å². The Bertz CT molecular complexity index is 2010. The van der Waals surface area contributed by atoms with Gasteiger partial charge < -0.3 is 23.4 Å². The van der Waals surface area contributed by atoms with Gasteiger partial charge in [-0.2, -0.15) is 5.10 Å². The molecule has 0 aliphatic heterocycles. The van der Waals surface area contributed by atoms with Crippen molar-refractivity contribution in [1.82, 2.24) is 9.78 Å². The van der Waals surface area contributed by atoms with Gasteiger partial charge in [0.15, 0.2) is 23.9 Å². The summed E-state index contributed by atoms with van der Waals surface area (Å²) < 4.78 is 23.6. The summed E-state index contributed by atoms with van der Waals surface area (Å²) >= 11 is 0. The zero-order chi connectivity index (χ0) is 40.1. The Labute approximate surface area is 322 Å². The normalized spacial score (nSPS) is 39.6. The predicted octanol–water partition coefficient (Wildman–Crippen LogP) is 8.06. The Morgan fingerprint density at radius 2 is 1.67 bits per heavy atom. The van der Waals surface area contributed by atoms with E-state index in [-0.39, 0.29) is 58.9 Å². The minimum atomic E-state index is -1.21. The fraction of sp³-hybridized carbons (Fsp3) is 0.721. The molecule has 1 unspecified atom stereocenters.